The lowest BCUT2D eigenvalue weighted by atomic mass is 9.93. The lowest BCUT2D eigenvalue weighted by Gasteiger charge is -2.34. The molecule has 1 saturated carbocycles. The summed E-state index contributed by atoms with van der Waals surface area (Å²) in [5, 5.41) is 19.0. The lowest BCUT2D eigenvalue weighted by molar-refractivity contribution is 0.199. The average molecular weight is 258 g/mol. The molecule has 3 heteroatoms. The first-order chi connectivity index (χ1) is 9.13. The summed E-state index contributed by atoms with van der Waals surface area (Å²) in [5.41, 5.74) is 2.56. The zero-order valence-electron chi connectivity index (χ0n) is 11.8. The molecule has 1 unspecified atom stereocenters. The van der Waals surface area contributed by atoms with Gasteiger partial charge in [-0.25, -0.2) is 0 Å². The molecule has 1 atom stereocenters. The van der Waals surface area contributed by atoms with E-state index in [2.05, 4.69) is 18.0 Å². The van der Waals surface area contributed by atoms with Crippen LogP contribution in [0.4, 0.5) is 5.69 Å². The minimum Gasteiger partial charge on any atom is -0.389 e. The molecule has 1 aliphatic carbocycles. The molecule has 1 aliphatic rings. The molecule has 0 heterocycles. The van der Waals surface area contributed by atoms with E-state index in [4.69, 9.17) is 5.26 Å². The first-order valence-corrected chi connectivity index (χ1v) is 7.08. The van der Waals surface area contributed by atoms with E-state index in [0.717, 1.165) is 11.3 Å². The second kappa shape index (κ2) is 6.08. The Hall–Kier alpha value is -1.53. The van der Waals surface area contributed by atoms with E-state index in [1.54, 1.807) is 13.0 Å². The number of rotatable bonds is 3. The maximum atomic E-state index is 9.91. The topological polar surface area (TPSA) is 47.3 Å². The van der Waals surface area contributed by atoms with Crippen LogP contribution in [0.2, 0.25) is 0 Å². The molecule has 0 spiro atoms. The van der Waals surface area contributed by atoms with E-state index in [1.165, 1.54) is 32.1 Å². The molecule has 19 heavy (non-hydrogen) atoms. The van der Waals surface area contributed by atoms with E-state index in [-0.39, 0.29) is 0 Å². The van der Waals surface area contributed by atoms with Gasteiger partial charge in [-0.1, -0.05) is 25.3 Å². The van der Waals surface area contributed by atoms with Crippen molar-refractivity contribution in [1.29, 1.82) is 5.26 Å². The number of hydrogen-bond acceptors (Lipinski definition) is 3. The molecule has 0 saturated heterocycles. The molecule has 1 aromatic carbocycles. The SMILES string of the molecule is CC(O)c1ccc(C#N)cc1N(C)C1CCCCC1. The molecule has 0 aromatic heterocycles. The quantitative estimate of drug-likeness (QED) is 0.904. The van der Waals surface area contributed by atoms with E-state index in [9.17, 15) is 5.11 Å². The zero-order valence-corrected chi connectivity index (χ0v) is 11.8. The van der Waals surface area contributed by atoms with Crippen LogP contribution in [0.25, 0.3) is 0 Å². The Kier molecular flexibility index (Phi) is 4.44. The van der Waals surface area contributed by atoms with Crippen LogP contribution < -0.4 is 4.90 Å². The smallest absolute Gasteiger partial charge is 0.0992 e. The molecular weight excluding hydrogens is 236 g/mol. The number of anilines is 1. The molecule has 0 amide bonds. The van der Waals surface area contributed by atoms with Crippen LogP contribution >= 0.6 is 0 Å². The van der Waals surface area contributed by atoms with Gasteiger partial charge < -0.3 is 10.0 Å². The molecule has 3 nitrogen and oxygen atoms in total. The lowest BCUT2D eigenvalue weighted by Crippen LogP contribution is -2.34. The molecule has 1 aromatic rings. The van der Waals surface area contributed by atoms with Crippen molar-refractivity contribution < 1.29 is 5.11 Å². The predicted molar refractivity (Wildman–Crippen MR) is 77.1 cm³/mol. The Balaban J connectivity index is 2.32. The Labute approximate surface area is 115 Å². The molecule has 1 fully saturated rings. The summed E-state index contributed by atoms with van der Waals surface area (Å²) < 4.78 is 0. The van der Waals surface area contributed by atoms with E-state index in [1.807, 2.05) is 12.1 Å². The van der Waals surface area contributed by atoms with Crippen LogP contribution in [0.5, 0.6) is 0 Å². The molecule has 0 aliphatic heterocycles. The molecular formula is C16H22N2O. The summed E-state index contributed by atoms with van der Waals surface area (Å²) in [6.07, 6.45) is 5.77. The summed E-state index contributed by atoms with van der Waals surface area (Å²) in [7, 11) is 2.08. The van der Waals surface area contributed by atoms with Crippen molar-refractivity contribution in [1.82, 2.24) is 0 Å². The number of aliphatic hydroxyl groups excluding tert-OH is 1. The Morgan fingerprint density at radius 1 is 1.32 bits per heavy atom. The average Bonchev–Trinajstić information content (AvgIpc) is 2.46. The molecule has 1 N–H and O–H groups in total. The number of hydrogen-bond donors (Lipinski definition) is 1. The van der Waals surface area contributed by atoms with E-state index >= 15 is 0 Å². The highest BCUT2D eigenvalue weighted by molar-refractivity contribution is 5.58. The van der Waals surface area contributed by atoms with Crippen molar-refractivity contribution in [2.75, 3.05) is 11.9 Å². The molecule has 0 radical (unpaired) electrons. The maximum absolute atomic E-state index is 9.91. The Bertz CT molecular complexity index is 470. The van der Waals surface area contributed by atoms with Crippen LogP contribution in [-0.4, -0.2) is 18.2 Å². The van der Waals surface area contributed by atoms with Crippen molar-refractivity contribution >= 4 is 5.69 Å². The number of nitriles is 1. The van der Waals surface area contributed by atoms with Gasteiger partial charge in [-0.3, -0.25) is 0 Å². The van der Waals surface area contributed by atoms with E-state index in [0.29, 0.717) is 11.6 Å². The van der Waals surface area contributed by atoms with Gasteiger partial charge in [-0.15, -0.1) is 0 Å². The Morgan fingerprint density at radius 2 is 2.00 bits per heavy atom. The third kappa shape index (κ3) is 3.08. The molecule has 2 rings (SSSR count). The normalized spacial score (nSPS) is 17.8. The predicted octanol–water partition coefficient (Wildman–Crippen LogP) is 3.38. The van der Waals surface area contributed by atoms with Gasteiger partial charge in [0.2, 0.25) is 0 Å². The molecule has 0 bridgehead atoms. The second-order valence-corrected chi connectivity index (χ2v) is 5.46. The van der Waals surface area contributed by atoms with Crippen LogP contribution in [0.15, 0.2) is 18.2 Å². The number of aliphatic hydroxyl groups is 1. The van der Waals surface area contributed by atoms with E-state index < -0.39 is 6.10 Å². The van der Waals surface area contributed by atoms with Gasteiger partial charge >= 0.3 is 0 Å². The Morgan fingerprint density at radius 3 is 2.58 bits per heavy atom. The summed E-state index contributed by atoms with van der Waals surface area (Å²) >= 11 is 0. The third-order valence-electron chi connectivity index (χ3n) is 4.11. The largest absolute Gasteiger partial charge is 0.389 e. The first-order valence-electron chi connectivity index (χ1n) is 7.08. The summed E-state index contributed by atoms with van der Waals surface area (Å²) in [6, 6.07) is 8.26. The summed E-state index contributed by atoms with van der Waals surface area (Å²) in [5.74, 6) is 0. The highest BCUT2D eigenvalue weighted by Gasteiger charge is 2.21. The number of nitrogens with zero attached hydrogens (tertiary/aromatic N) is 2. The fraction of sp³-hybridized carbons (Fsp3) is 0.562. The fourth-order valence-electron chi connectivity index (χ4n) is 2.94. The monoisotopic (exact) mass is 258 g/mol. The highest BCUT2D eigenvalue weighted by atomic mass is 16.3. The van der Waals surface area contributed by atoms with Gasteiger partial charge in [0.1, 0.15) is 0 Å². The van der Waals surface area contributed by atoms with Crippen molar-refractivity contribution in [3.63, 3.8) is 0 Å². The van der Waals surface area contributed by atoms with Crippen LogP contribution in [0.3, 0.4) is 0 Å². The minimum atomic E-state index is -0.506. The third-order valence-corrected chi connectivity index (χ3v) is 4.11. The summed E-state index contributed by atoms with van der Waals surface area (Å²) in [6.45, 7) is 1.78. The van der Waals surface area contributed by atoms with Crippen LogP contribution in [-0.2, 0) is 0 Å². The van der Waals surface area contributed by atoms with Crippen molar-refractivity contribution in [2.45, 2.75) is 51.2 Å². The van der Waals surface area contributed by atoms with Crippen LogP contribution in [0.1, 0.15) is 56.3 Å². The van der Waals surface area contributed by atoms with Crippen molar-refractivity contribution in [2.24, 2.45) is 0 Å². The van der Waals surface area contributed by atoms with Gasteiger partial charge in [0.05, 0.1) is 17.7 Å². The maximum Gasteiger partial charge on any atom is 0.0992 e. The van der Waals surface area contributed by atoms with Gasteiger partial charge in [0.15, 0.2) is 0 Å². The van der Waals surface area contributed by atoms with Gasteiger partial charge in [0.25, 0.3) is 0 Å². The molecule has 102 valence electrons. The van der Waals surface area contributed by atoms with Crippen LogP contribution in [0, 0.1) is 11.3 Å². The minimum absolute atomic E-state index is 0.506. The van der Waals surface area contributed by atoms with Gasteiger partial charge in [-0.2, -0.15) is 5.26 Å². The van der Waals surface area contributed by atoms with Gasteiger partial charge in [-0.05, 0) is 31.9 Å². The fourth-order valence-corrected chi connectivity index (χ4v) is 2.94. The van der Waals surface area contributed by atoms with Crippen molar-refractivity contribution in [3.05, 3.63) is 29.3 Å². The highest BCUT2D eigenvalue weighted by Crippen LogP contribution is 2.32. The second-order valence-electron chi connectivity index (χ2n) is 5.46. The standard InChI is InChI=1S/C16H22N2O/c1-12(19)15-9-8-13(11-17)10-16(15)18(2)14-6-4-3-5-7-14/h8-10,12,14,19H,3-7H2,1-2H3. The number of benzene rings is 1. The van der Waals surface area contributed by atoms with Crippen molar-refractivity contribution in [3.8, 4) is 6.07 Å². The zero-order chi connectivity index (χ0) is 13.8. The first kappa shape index (κ1) is 13.9. The van der Waals surface area contributed by atoms with Gasteiger partial charge in [0, 0.05) is 24.3 Å². The summed E-state index contributed by atoms with van der Waals surface area (Å²) in [4.78, 5) is 2.25.